The second kappa shape index (κ2) is 9.71. The molecule has 2 heterocycles. The fourth-order valence-corrected chi connectivity index (χ4v) is 3.60. The van der Waals surface area contributed by atoms with Gasteiger partial charge in [-0.15, -0.1) is 0 Å². The summed E-state index contributed by atoms with van der Waals surface area (Å²) in [5.74, 6) is -0.308. The lowest BCUT2D eigenvalue weighted by atomic mass is 9.83. The summed E-state index contributed by atoms with van der Waals surface area (Å²) in [6.07, 6.45) is 5.07. The molecule has 0 aliphatic carbocycles. The predicted octanol–water partition coefficient (Wildman–Crippen LogP) is 4.31. The van der Waals surface area contributed by atoms with Gasteiger partial charge in [-0.1, -0.05) is 43.1 Å². The number of aromatic nitrogens is 3. The van der Waals surface area contributed by atoms with Gasteiger partial charge in [0.2, 0.25) is 0 Å². The number of hydrogen-bond acceptors (Lipinski definition) is 6. The van der Waals surface area contributed by atoms with Crippen molar-refractivity contribution < 1.29 is 19.0 Å². The van der Waals surface area contributed by atoms with Gasteiger partial charge in [-0.05, 0) is 30.2 Å². The number of carbonyl (C=O) groups excluding carboxylic acids is 1. The van der Waals surface area contributed by atoms with Crippen molar-refractivity contribution >= 4 is 40.9 Å². The van der Waals surface area contributed by atoms with Crippen LogP contribution < -0.4 is 0 Å². The average Bonchev–Trinajstić information content (AvgIpc) is 3.21. The maximum absolute atomic E-state index is 12.5. The van der Waals surface area contributed by atoms with Crippen LogP contribution in [0.1, 0.15) is 32.3 Å². The van der Waals surface area contributed by atoms with Gasteiger partial charge in [0.1, 0.15) is 19.4 Å². The molecule has 29 heavy (non-hydrogen) atoms. The molecule has 0 amide bonds. The minimum atomic E-state index is -0.699. The zero-order chi connectivity index (χ0) is 20.9. The SMILES string of the molecule is CCCC(=O)OC(/C(=C/c1ccc(Cl)cc1Cl)n1cncn1)C1(C)COCOC1. The Balaban J connectivity index is 2.09. The Kier molecular flexibility index (Phi) is 7.29. The second-order valence-corrected chi connectivity index (χ2v) is 8.01. The standard InChI is InChI=1S/C20H23Cl2N3O4/c1-3-4-18(26)29-19(20(2)9-27-13-28-10-20)17(25-12-23-11-24-25)7-14-5-6-15(21)8-16(14)22/h5-8,11-12,19H,3-4,9-10,13H2,1-2H3/b17-7-. The lowest BCUT2D eigenvalue weighted by Gasteiger charge is -2.40. The first-order valence-corrected chi connectivity index (χ1v) is 10.0. The van der Waals surface area contributed by atoms with E-state index < -0.39 is 11.5 Å². The number of carbonyl (C=O) groups is 1. The van der Waals surface area contributed by atoms with Crippen LogP contribution in [0, 0.1) is 5.41 Å². The minimum absolute atomic E-state index is 0.205. The van der Waals surface area contributed by atoms with Gasteiger partial charge in [-0.2, -0.15) is 5.10 Å². The fraction of sp³-hybridized carbons (Fsp3) is 0.450. The number of hydrogen-bond donors (Lipinski definition) is 0. The third kappa shape index (κ3) is 5.36. The predicted molar refractivity (Wildman–Crippen MR) is 110 cm³/mol. The third-order valence-electron chi connectivity index (χ3n) is 4.58. The molecule has 1 aliphatic rings. The number of esters is 1. The molecule has 7 nitrogen and oxygen atoms in total. The van der Waals surface area contributed by atoms with Crippen molar-refractivity contribution in [1.82, 2.24) is 14.8 Å². The molecular weight excluding hydrogens is 417 g/mol. The Labute approximate surface area is 179 Å². The molecule has 1 fully saturated rings. The molecular formula is C20H23Cl2N3O4. The lowest BCUT2D eigenvalue weighted by molar-refractivity contribution is -0.192. The summed E-state index contributed by atoms with van der Waals surface area (Å²) in [6.45, 7) is 4.79. The van der Waals surface area contributed by atoms with E-state index in [9.17, 15) is 4.79 Å². The topological polar surface area (TPSA) is 75.5 Å². The van der Waals surface area contributed by atoms with Gasteiger partial charge >= 0.3 is 5.97 Å². The van der Waals surface area contributed by atoms with Crippen molar-refractivity contribution in [3.05, 3.63) is 46.5 Å². The van der Waals surface area contributed by atoms with E-state index in [1.807, 2.05) is 19.9 Å². The molecule has 1 saturated heterocycles. The summed E-state index contributed by atoms with van der Waals surface area (Å²) in [5.41, 5.74) is 0.672. The molecule has 156 valence electrons. The lowest BCUT2D eigenvalue weighted by Crippen LogP contribution is -2.47. The van der Waals surface area contributed by atoms with Crippen molar-refractivity contribution in [2.24, 2.45) is 5.41 Å². The summed E-state index contributed by atoms with van der Waals surface area (Å²) < 4.78 is 18.6. The Morgan fingerprint density at radius 1 is 1.38 bits per heavy atom. The van der Waals surface area contributed by atoms with E-state index in [1.165, 1.54) is 6.33 Å². The zero-order valence-corrected chi connectivity index (χ0v) is 17.8. The van der Waals surface area contributed by atoms with Crippen LogP contribution in [-0.2, 0) is 19.0 Å². The number of rotatable bonds is 7. The Morgan fingerprint density at radius 2 is 2.14 bits per heavy atom. The maximum Gasteiger partial charge on any atom is 0.306 e. The van der Waals surface area contributed by atoms with Crippen LogP contribution in [0.3, 0.4) is 0 Å². The molecule has 1 atom stereocenters. The molecule has 0 bridgehead atoms. The van der Waals surface area contributed by atoms with E-state index in [4.69, 9.17) is 37.4 Å². The van der Waals surface area contributed by atoms with E-state index in [0.717, 1.165) is 0 Å². The van der Waals surface area contributed by atoms with E-state index in [-0.39, 0.29) is 12.8 Å². The van der Waals surface area contributed by atoms with Gasteiger partial charge in [0.25, 0.3) is 0 Å². The quantitative estimate of drug-likeness (QED) is 0.598. The van der Waals surface area contributed by atoms with E-state index in [1.54, 1.807) is 29.2 Å². The number of benzene rings is 1. The Morgan fingerprint density at radius 3 is 2.76 bits per heavy atom. The van der Waals surface area contributed by atoms with Gasteiger partial charge in [-0.3, -0.25) is 4.79 Å². The van der Waals surface area contributed by atoms with Crippen molar-refractivity contribution in [3.8, 4) is 0 Å². The molecule has 0 spiro atoms. The summed E-state index contributed by atoms with van der Waals surface area (Å²) in [4.78, 5) is 16.5. The maximum atomic E-state index is 12.5. The highest BCUT2D eigenvalue weighted by Gasteiger charge is 2.43. The van der Waals surface area contributed by atoms with Crippen LogP contribution in [0.15, 0.2) is 30.9 Å². The van der Waals surface area contributed by atoms with Crippen LogP contribution in [0.2, 0.25) is 10.0 Å². The van der Waals surface area contributed by atoms with E-state index in [0.29, 0.717) is 47.4 Å². The second-order valence-electron chi connectivity index (χ2n) is 7.16. The van der Waals surface area contributed by atoms with Crippen molar-refractivity contribution in [1.29, 1.82) is 0 Å². The zero-order valence-electron chi connectivity index (χ0n) is 16.3. The van der Waals surface area contributed by atoms with Crippen molar-refractivity contribution in [2.45, 2.75) is 32.8 Å². The first kappa shape index (κ1) is 21.8. The van der Waals surface area contributed by atoms with Gasteiger partial charge in [0.05, 0.1) is 24.3 Å². The molecule has 2 aromatic rings. The summed E-state index contributed by atoms with van der Waals surface area (Å²) in [7, 11) is 0. The van der Waals surface area contributed by atoms with Crippen LogP contribution >= 0.6 is 23.2 Å². The number of nitrogens with zero attached hydrogens (tertiary/aromatic N) is 3. The van der Waals surface area contributed by atoms with Crippen LogP contribution in [0.5, 0.6) is 0 Å². The van der Waals surface area contributed by atoms with Gasteiger partial charge in [0.15, 0.2) is 6.10 Å². The summed E-state index contributed by atoms with van der Waals surface area (Å²) >= 11 is 12.4. The highest BCUT2D eigenvalue weighted by molar-refractivity contribution is 6.35. The summed E-state index contributed by atoms with van der Waals surface area (Å²) in [5, 5.41) is 5.25. The Hall–Kier alpha value is -1.93. The van der Waals surface area contributed by atoms with E-state index in [2.05, 4.69) is 10.1 Å². The number of ether oxygens (including phenoxy) is 3. The highest BCUT2D eigenvalue weighted by atomic mass is 35.5. The third-order valence-corrected chi connectivity index (χ3v) is 5.15. The van der Waals surface area contributed by atoms with Crippen molar-refractivity contribution in [3.63, 3.8) is 0 Å². The van der Waals surface area contributed by atoms with Gasteiger partial charge in [-0.25, -0.2) is 9.67 Å². The van der Waals surface area contributed by atoms with Gasteiger partial charge < -0.3 is 14.2 Å². The monoisotopic (exact) mass is 439 g/mol. The molecule has 1 aromatic carbocycles. The molecule has 0 saturated carbocycles. The van der Waals surface area contributed by atoms with Crippen LogP contribution in [-0.4, -0.2) is 46.8 Å². The number of halogens is 2. The smallest absolute Gasteiger partial charge is 0.306 e. The molecule has 1 unspecified atom stereocenters. The molecule has 0 radical (unpaired) electrons. The van der Waals surface area contributed by atoms with Crippen LogP contribution in [0.4, 0.5) is 0 Å². The minimum Gasteiger partial charge on any atom is -0.455 e. The molecule has 9 heteroatoms. The Bertz CT molecular complexity index is 865. The first-order valence-electron chi connectivity index (χ1n) is 9.29. The normalized spacial score (nSPS) is 17.7. The summed E-state index contributed by atoms with van der Waals surface area (Å²) in [6, 6.07) is 5.19. The molecule has 1 aromatic heterocycles. The van der Waals surface area contributed by atoms with E-state index >= 15 is 0 Å². The molecule has 1 aliphatic heterocycles. The van der Waals surface area contributed by atoms with Gasteiger partial charge in [0, 0.05) is 16.5 Å². The fourth-order valence-electron chi connectivity index (χ4n) is 3.14. The largest absolute Gasteiger partial charge is 0.455 e. The first-order chi connectivity index (χ1) is 13.9. The van der Waals surface area contributed by atoms with Crippen LogP contribution in [0.25, 0.3) is 11.8 Å². The average molecular weight is 440 g/mol. The highest BCUT2D eigenvalue weighted by Crippen LogP contribution is 2.36. The molecule has 0 N–H and O–H groups in total. The van der Waals surface area contributed by atoms with Crippen molar-refractivity contribution in [2.75, 3.05) is 20.0 Å². The molecule has 3 rings (SSSR count).